The highest BCUT2D eigenvalue weighted by molar-refractivity contribution is 6.03. The van der Waals surface area contributed by atoms with Crippen molar-refractivity contribution in [3.63, 3.8) is 0 Å². The van der Waals surface area contributed by atoms with E-state index in [2.05, 4.69) is 30.3 Å². The van der Waals surface area contributed by atoms with E-state index in [1.165, 1.54) is 11.1 Å². The topological polar surface area (TPSA) is 20.3 Å². The molecule has 0 spiro atoms. The SMILES string of the molecule is CC(C)=CC(=O)N1CC(c2ccccc2)c2ccccc21. The van der Waals surface area contributed by atoms with Crippen LogP contribution >= 0.6 is 0 Å². The zero-order valence-corrected chi connectivity index (χ0v) is 12.4. The quantitative estimate of drug-likeness (QED) is 0.756. The molecule has 0 radical (unpaired) electrons. The number of amides is 1. The Morgan fingerprint density at radius 1 is 1.05 bits per heavy atom. The molecule has 0 aromatic heterocycles. The van der Waals surface area contributed by atoms with Crippen LogP contribution in [0.25, 0.3) is 0 Å². The summed E-state index contributed by atoms with van der Waals surface area (Å²) in [5.41, 5.74) is 4.56. The molecule has 1 aliphatic rings. The second-order valence-corrected chi connectivity index (χ2v) is 5.69. The average Bonchev–Trinajstić information content (AvgIpc) is 2.87. The van der Waals surface area contributed by atoms with E-state index < -0.39 is 0 Å². The van der Waals surface area contributed by atoms with Crippen LogP contribution in [0.3, 0.4) is 0 Å². The van der Waals surface area contributed by atoms with Crippen molar-refractivity contribution in [1.29, 1.82) is 0 Å². The Morgan fingerprint density at radius 3 is 2.43 bits per heavy atom. The van der Waals surface area contributed by atoms with Crippen molar-refractivity contribution in [2.24, 2.45) is 0 Å². The molecule has 0 bridgehead atoms. The van der Waals surface area contributed by atoms with Crippen LogP contribution in [0, 0.1) is 0 Å². The van der Waals surface area contributed by atoms with E-state index in [0.29, 0.717) is 6.54 Å². The highest BCUT2D eigenvalue weighted by atomic mass is 16.2. The fourth-order valence-corrected chi connectivity index (χ4v) is 2.91. The molecule has 1 aliphatic heterocycles. The van der Waals surface area contributed by atoms with E-state index in [1.807, 2.05) is 43.0 Å². The molecule has 0 fully saturated rings. The fraction of sp³-hybridized carbons (Fsp3) is 0.211. The number of hydrogen-bond donors (Lipinski definition) is 0. The second kappa shape index (κ2) is 5.57. The maximum absolute atomic E-state index is 12.4. The first-order valence-corrected chi connectivity index (χ1v) is 7.27. The van der Waals surface area contributed by atoms with Crippen molar-refractivity contribution in [3.8, 4) is 0 Å². The molecule has 0 aliphatic carbocycles. The van der Waals surface area contributed by atoms with Crippen LogP contribution in [-0.4, -0.2) is 12.5 Å². The third kappa shape index (κ3) is 2.62. The summed E-state index contributed by atoms with van der Waals surface area (Å²) < 4.78 is 0. The molecule has 1 amide bonds. The van der Waals surface area contributed by atoms with Crippen molar-refractivity contribution >= 4 is 11.6 Å². The van der Waals surface area contributed by atoms with Crippen LogP contribution in [0.4, 0.5) is 5.69 Å². The van der Waals surface area contributed by atoms with Crippen molar-refractivity contribution in [1.82, 2.24) is 0 Å². The lowest BCUT2D eigenvalue weighted by atomic mass is 9.93. The average molecular weight is 277 g/mol. The number of carbonyl (C=O) groups excluding carboxylic acids is 1. The Kier molecular flexibility index (Phi) is 3.61. The molecule has 2 heteroatoms. The van der Waals surface area contributed by atoms with E-state index in [4.69, 9.17) is 0 Å². The number of anilines is 1. The van der Waals surface area contributed by atoms with Gasteiger partial charge in [-0.3, -0.25) is 4.79 Å². The third-order valence-corrected chi connectivity index (χ3v) is 3.85. The summed E-state index contributed by atoms with van der Waals surface area (Å²) in [7, 11) is 0. The molecule has 0 saturated heterocycles. The molecular formula is C19H19NO. The zero-order valence-electron chi connectivity index (χ0n) is 12.4. The summed E-state index contributed by atoms with van der Waals surface area (Å²) in [4.78, 5) is 14.3. The summed E-state index contributed by atoms with van der Waals surface area (Å²) >= 11 is 0. The Hall–Kier alpha value is -2.35. The van der Waals surface area contributed by atoms with Crippen molar-refractivity contribution in [3.05, 3.63) is 77.4 Å². The zero-order chi connectivity index (χ0) is 14.8. The van der Waals surface area contributed by atoms with Gasteiger partial charge in [0.2, 0.25) is 0 Å². The van der Waals surface area contributed by atoms with Crippen molar-refractivity contribution in [2.45, 2.75) is 19.8 Å². The van der Waals surface area contributed by atoms with Crippen LogP contribution in [-0.2, 0) is 4.79 Å². The number of allylic oxidation sites excluding steroid dienone is 1. The molecule has 106 valence electrons. The fourth-order valence-electron chi connectivity index (χ4n) is 2.91. The van der Waals surface area contributed by atoms with Gasteiger partial charge in [-0.25, -0.2) is 0 Å². The Bertz CT molecular complexity index is 684. The smallest absolute Gasteiger partial charge is 0.250 e. The number of carbonyl (C=O) groups is 1. The van der Waals surface area contributed by atoms with Crippen LogP contribution in [0.5, 0.6) is 0 Å². The van der Waals surface area contributed by atoms with Gasteiger partial charge in [0, 0.05) is 24.2 Å². The van der Waals surface area contributed by atoms with Gasteiger partial charge in [-0.2, -0.15) is 0 Å². The van der Waals surface area contributed by atoms with Crippen LogP contribution < -0.4 is 4.90 Å². The van der Waals surface area contributed by atoms with Gasteiger partial charge in [0.15, 0.2) is 0 Å². The van der Waals surface area contributed by atoms with Crippen molar-refractivity contribution < 1.29 is 4.79 Å². The molecule has 1 heterocycles. The minimum Gasteiger partial charge on any atom is -0.308 e. The summed E-state index contributed by atoms with van der Waals surface area (Å²) in [5, 5.41) is 0. The molecule has 3 rings (SSSR count). The molecular weight excluding hydrogens is 258 g/mol. The van der Waals surface area contributed by atoms with Gasteiger partial charge in [-0.05, 0) is 31.0 Å². The number of benzene rings is 2. The number of fused-ring (bicyclic) bond motifs is 1. The first-order chi connectivity index (χ1) is 10.2. The molecule has 0 N–H and O–H groups in total. The number of para-hydroxylation sites is 1. The maximum atomic E-state index is 12.4. The molecule has 2 aromatic carbocycles. The van der Waals surface area contributed by atoms with Gasteiger partial charge in [0.1, 0.15) is 0 Å². The maximum Gasteiger partial charge on any atom is 0.250 e. The highest BCUT2D eigenvalue weighted by Gasteiger charge is 2.31. The predicted octanol–water partition coefficient (Wildman–Crippen LogP) is 4.13. The number of hydrogen-bond acceptors (Lipinski definition) is 1. The molecule has 2 aromatic rings. The Balaban J connectivity index is 2.01. The number of nitrogens with zero attached hydrogens (tertiary/aromatic N) is 1. The summed E-state index contributed by atoms with van der Waals surface area (Å²) in [5.74, 6) is 0.331. The van der Waals surface area contributed by atoms with Gasteiger partial charge in [0.05, 0.1) is 0 Å². The lowest BCUT2D eigenvalue weighted by Crippen LogP contribution is -2.28. The Labute approximate surface area is 125 Å². The molecule has 21 heavy (non-hydrogen) atoms. The van der Waals surface area contributed by atoms with Crippen LogP contribution in [0.15, 0.2) is 66.2 Å². The summed E-state index contributed by atoms with van der Waals surface area (Å²) in [6, 6.07) is 18.6. The largest absolute Gasteiger partial charge is 0.308 e. The van der Waals surface area contributed by atoms with Crippen LogP contribution in [0.1, 0.15) is 30.9 Å². The molecule has 2 nitrogen and oxygen atoms in total. The third-order valence-electron chi connectivity index (χ3n) is 3.85. The van der Waals surface area contributed by atoms with Gasteiger partial charge < -0.3 is 4.90 Å². The molecule has 0 saturated carbocycles. The lowest BCUT2D eigenvalue weighted by molar-refractivity contribution is -0.114. The van der Waals surface area contributed by atoms with E-state index in [1.54, 1.807) is 6.08 Å². The first kappa shape index (κ1) is 13.6. The molecule has 1 atom stereocenters. The Morgan fingerprint density at radius 2 is 1.71 bits per heavy atom. The minimum absolute atomic E-state index is 0.0703. The summed E-state index contributed by atoms with van der Waals surface area (Å²) in [6.07, 6.45) is 1.71. The molecule has 1 unspecified atom stereocenters. The van der Waals surface area contributed by atoms with Crippen molar-refractivity contribution in [2.75, 3.05) is 11.4 Å². The van der Waals surface area contributed by atoms with Crippen LogP contribution in [0.2, 0.25) is 0 Å². The summed E-state index contributed by atoms with van der Waals surface area (Å²) in [6.45, 7) is 4.62. The monoisotopic (exact) mass is 277 g/mol. The lowest BCUT2D eigenvalue weighted by Gasteiger charge is -2.16. The predicted molar refractivity (Wildman–Crippen MR) is 86.5 cm³/mol. The van der Waals surface area contributed by atoms with E-state index in [-0.39, 0.29) is 11.8 Å². The second-order valence-electron chi connectivity index (χ2n) is 5.69. The highest BCUT2D eigenvalue weighted by Crippen LogP contribution is 2.40. The first-order valence-electron chi connectivity index (χ1n) is 7.27. The number of rotatable bonds is 2. The van der Waals surface area contributed by atoms with Gasteiger partial charge in [0.25, 0.3) is 5.91 Å². The standard InChI is InChI=1S/C19H19NO/c1-14(2)12-19(21)20-13-17(15-8-4-3-5-9-15)16-10-6-7-11-18(16)20/h3-12,17H,13H2,1-2H3. The van der Waals surface area contributed by atoms with Gasteiger partial charge in [-0.1, -0.05) is 54.1 Å². The van der Waals surface area contributed by atoms with Gasteiger partial charge >= 0.3 is 0 Å². The van der Waals surface area contributed by atoms with E-state index in [9.17, 15) is 4.79 Å². The van der Waals surface area contributed by atoms with E-state index in [0.717, 1.165) is 11.3 Å². The minimum atomic E-state index is 0.0703. The van der Waals surface area contributed by atoms with E-state index >= 15 is 0 Å². The van der Waals surface area contributed by atoms with Gasteiger partial charge in [-0.15, -0.1) is 0 Å². The normalized spacial score (nSPS) is 16.5.